The van der Waals surface area contributed by atoms with Crippen molar-refractivity contribution >= 4 is 23.3 Å². The molecule has 0 atom stereocenters. The first-order valence-corrected chi connectivity index (χ1v) is 14.2. The molecule has 0 unspecified atom stereocenters. The maximum atomic E-state index is 9.25. The highest BCUT2D eigenvalue weighted by atomic mass is 16.5. The number of rotatable bonds is 8. The Kier molecular flexibility index (Phi) is 13.7. The summed E-state index contributed by atoms with van der Waals surface area (Å²) < 4.78 is 11.5. The highest BCUT2D eigenvalue weighted by Gasteiger charge is 2.14. The molecule has 0 radical (unpaired) electrons. The van der Waals surface area contributed by atoms with Crippen LogP contribution in [0.25, 0.3) is 0 Å². The predicted octanol–water partition coefficient (Wildman–Crippen LogP) is 6.57. The maximum absolute atomic E-state index is 9.25. The molecule has 0 saturated heterocycles. The summed E-state index contributed by atoms with van der Waals surface area (Å²) in [7, 11) is 0. The molecule has 12 nitrogen and oxygen atoms in total. The summed E-state index contributed by atoms with van der Waals surface area (Å²) in [6.07, 6.45) is 3.01. The zero-order valence-electron chi connectivity index (χ0n) is 26.8. The molecular formula is C33H42N10O2. The zero-order chi connectivity index (χ0) is 33.5. The van der Waals surface area contributed by atoms with Crippen LogP contribution in [0, 0.1) is 30.6 Å². The Morgan fingerprint density at radius 2 is 1.40 bits per heavy atom. The first kappa shape index (κ1) is 35.5. The van der Waals surface area contributed by atoms with E-state index in [0.717, 1.165) is 28.5 Å². The molecule has 12 heteroatoms. The van der Waals surface area contributed by atoms with E-state index in [0.29, 0.717) is 17.2 Å². The van der Waals surface area contributed by atoms with Gasteiger partial charge in [-0.05, 0) is 69.0 Å². The Hall–Kier alpha value is -5.70. The van der Waals surface area contributed by atoms with Gasteiger partial charge in [-0.3, -0.25) is 15.4 Å². The van der Waals surface area contributed by atoms with Crippen LogP contribution in [0.2, 0.25) is 0 Å². The number of hydrogen-bond acceptors (Lipinski definition) is 11. The number of anilines is 3. The van der Waals surface area contributed by atoms with Gasteiger partial charge in [0.25, 0.3) is 0 Å². The first-order chi connectivity index (χ1) is 21.3. The summed E-state index contributed by atoms with van der Waals surface area (Å²) in [5, 5.41) is 18.6. The van der Waals surface area contributed by atoms with Crippen molar-refractivity contribution in [2.24, 2.45) is 5.73 Å². The third-order valence-corrected chi connectivity index (χ3v) is 5.64. The van der Waals surface area contributed by atoms with Crippen molar-refractivity contribution in [3.63, 3.8) is 0 Å². The molecular weight excluding hydrogens is 568 g/mol. The van der Waals surface area contributed by atoms with E-state index in [-0.39, 0.29) is 35.2 Å². The van der Waals surface area contributed by atoms with Crippen LogP contribution in [0.15, 0.2) is 72.8 Å². The number of nitriles is 1. The van der Waals surface area contributed by atoms with E-state index in [9.17, 15) is 5.26 Å². The Balaban J connectivity index is 0.000000283. The quantitative estimate of drug-likeness (QED) is 0.0623. The molecule has 4 rings (SSSR count). The fraction of sp³-hybridized carbons (Fsp3) is 0.273. The van der Waals surface area contributed by atoms with Gasteiger partial charge in [0.1, 0.15) is 17.6 Å². The summed E-state index contributed by atoms with van der Waals surface area (Å²) in [5.41, 5.74) is 20.4. The largest absolute Gasteiger partial charge is 0.450 e. The van der Waals surface area contributed by atoms with Crippen LogP contribution in [0.1, 0.15) is 69.2 Å². The molecule has 0 aliphatic rings. The van der Waals surface area contributed by atoms with Gasteiger partial charge in [-0.1, -0.05) is 45.9 Å². The first-order valence-electron chi connectivity index (χ1n) is 14.2. The third kappa shape index (κ3) is 12.2. The molecule has 0 aliphatic carbocycles. The average molecular weight is 611 g/mol. The van der Waals surface area contributed by atoms with Crippen LogP contribution in [-0.2, 0) is 0 Å². The normalized spacial score (nSPS) is 10.5. The fourth-order valence-electron chi connectivity index (χ4n) is 3.61. The molecule has 0 aliphatic heterocycles. The number of nitrogen functional groups attached to an aromatic ring is 2. The summed E-state index contributed by atoms with van der Waals surface area (Å²) in [6, 6.07) is 19.1. The van der Waals surface area contributed by atoms with Gasteiger partial charge in [0, 0.05) is 17.1 Å². The number of aromatic nitrogens is 4. The van der Waals surface area contributed by atoms with Crippen molar-refractivity contribution in [2.75, 3.05) is 16.8 Å². The molecule has 3 heterocycles. The van der Waals surface area contributed by atoms with Crippen LogP contribution in [0.3, 0.4) is 0 Å². The molecule has 0 saturated carbocycles. The lowest BCUT2D eigenvalue weighted by atomic mass is 10.1. The third-order valence-electron chi connectivity index (χ3n) is 5.64. The number of ether oxygens (including phenoxy) is 2. The van der Waals surface area contributed by atoms with E-state index in [1.54, 1.807) is 6.20 Å². The number of nitrogens with two attached hydrogens (primary N) is 3. The van der Waals surface area contributed by atoms with Crippen LogP contribution in [0.5, 0.6) is 17.2 Å². The predicted molar refractivity (Wildman–Crippen MR) is 179 cm³/mol. The minimum Gasteiger partial charge on any atom is -0.450 e. The van der Waals surface area contributed by atoms with Crippen molar-refractivity contribution < 1.29 is 9.47 Å². The Morgan fingerprint density at radius 1 is 0.867 bits per heavy atom. The van der Waals surface area contributed by atoms with Gasteiger partial charge in [0.2, 0.25) is 11.7 Å². The molecule has 3 aromatic heterocycles. The van der Waals surface area contributed by atoms with Crippen molar-refractivity contribution in [3.8, 4) is 23.3 Å². The van der Waals surface area contributed by atoms with E-state index in [4.69, 9.17) is 32.1 Å². The highest BCUT2D eigenvalue weighted by Crippen LogP contribution is 2.31. The maximum Gasteiger partial charge on any atom is 0.222 e. The number of pyridine rings is 2. The van der Waals surface area contributed by atoms with Crippen LogP contribution in [-0.4, -0.2) is 25.8 Å². The molecule has 4 aromatic rings. The molecule has 0 fully saturated rings. The van der Waals surface area contributed by atoms with Crippen LogP contribution in [0.4, 0.5) is 17.5 Å². The number of hydrogen-bond donors (Lipinski definition) is 5. The Labute approximate surface area is 264 Å². The number of benzene rings is 1. The van der Waals surface area contributed by atoms with Gasteiger partial charge < -0.3 is 32.0 Å². The molecule has 236 valence electrons. The second kappa shape index (κ2) is 17.4. The van der Waals surface area contributed by atoms with E-state index in [2.05, 4.69) is 45.2 Å². The van der Waals surface area contributed by atoms with Gasteiger partial charge >= 0.3 is 0 Å². The average Bonchev–Trinajstić information content (AvgIpc) is 2.98. The van der Waals surface area contributed by atoms with Gasteiger partial charge in [0.05, 0.1) is 29.6 Å². The van der Waals surface area contributed by atoms with Crippen molar-refractivity contribution in [3.05, 3.63) is 95.5 Å². The minimum atomic E-state index is 0.121. The lowest BCUT2D eigenvalue weighted by Gasteiger charge is -2.14. The minimum absolute atomic E-state index is 0.121. The fourth-order valence-corrected chi connectivity index (χ4v) is 3.61. The SMILES string of the molecule is CC(=N)N.Cc1ccc(O/C(C#N)=C/Nc2ccccc2)c(C(C)C)n1.Cc1ccc(Oc2cnc(N)nc2N)c(C(C)C)n1. The summed E-state index contributed by atoms with van der Waals surface area (Å²) in [5.74, 6) is 2.79. The number of allylic oxidation sites excluding steroid dienone is 1. The van der Waals surface area contributed by atoms with Gasteiger partial charge in [0.15, 0.2) is 11.6 Å². The second-order valence-electron chi connectivity index (χ2n) is 10.5. The van der Waals surface area contributed by atoms with Crippen LogP contribution < -0.4 is 32.0 Å². The number of aryl methyl sites for hydroxylation is 2. The molecule has 1 aromatic carbocycles. The summed E-state index contributed by atoms with van der Waals surface area (Å²) in [6.45, 7) is 13.6. The zero-order valence-corrected chi connectivity index (χ0v) is 26.8. The second-order valence-corrected chi connectivity index (χ2v) is 10.5. The molecule has 0 spiro atoms. The molecule has 0 amide bonds. The van der Waals surface area contributed by atoms with E-state index < -0.39 is 0 Å². The lowest BCUT2D eigenvalue weighted by molar-refractivity contribution is 0.435. The van der Waals surface area contributed by atoms with Crippen molar-refractivity contribution in [1.29, 1.82) is 10.7 Å². The highest BCUT2D eigenvalue weighted by molar-refractivity contribution is 5.73. The molecule has 8 N–H and O–H groups in total. The monoisotopic (exact) mass is 610 g/mol. The van der Waals surface area contributed by atoms with Gasteiger partial charge in [-0.2, -0.15) is 10.2 Å². The van der Waals surface area contributed by atoms with E-state index in [1.807, 2.05) is 82.3 Å². The summed E-state index contributed by atoms with van der Waals surface area (Å²) >= 11 is 0. The Morgan fingerprint density at radius 3 is 1.91 bits per heavy atom. The number of para-hydroxylation sites is 1. The standard InChI is InChI=1S/C18H19N3O.C13H17N5O.C2H6N2/c1-13(2)18-17(10-9-14(3)21-18)22-16(11-19)12-20-15-7-5-4-6-8-15;1-7(2)11-9(5-4-8(3)17-11)19-10-6-16-13(15)18-12(10)14;1-2(3)4/h4-10,12-13,20H,1-3H3;4-7H,1-3H3,(H4,14,15,16,18);1H3,(H3,3,4)/b16-12+;;. The summed E-state index contributed by atoms with van der Waals surface area (Å²) in [4.78, 5) is 16.7. The molecule has 0 bridgehead atoms. The Bertz CT molecular complexity index is 1630. The van der Waals surface area contributed by atoms with Crippen LogP contribution >= 0.6 is 0 Å². The van der Waals surface area contributed by atoms with E-state index in [1.165, 1.54) is 13.1 Å². The number of nitrogens with zero attached hydrogens (tertiary/aromatic N) is 5. The van der Waals surface area contributed by atoms with Gasteiger partial charge in [-0.15, -0.1) is 0 Å². The van der Waals surface area contributed by atoms with Crippen molar-refractivity contribution in [2.45, 2.75) is 60.3 Å². The van der Waals surface area contributed by atoms with Gasteiger partial charge in [-0.25, -0.2) is 4.98 Å². The lowest BCUT2D eigenvalue weighted by Crippen LogP contribution is -2.03. The molecule has 45 heavy (non-hydrogen) atoms. The van der Waals surface area contributed by atoms with E-state index >= 15 is 0 Å². The number of nitrogens with one attached hydrogen (secondary N) is 2. The smallest absolute Gasteiger partial charge is 0.222 e. The number of amidine groups is 1. The van der Waals surface area contributed by atoms with Crippen molar-refractivity contribution in [1.82, 2.24) is 19.9 Å². The topological polar surface area (TPSA) is 208 Å².